The van der Waals surface area contributed by atoms with Crippen LogP contribution >= 0.6 is 0 Å². The Bertz CT molecular complexity index is 713. The molecule has 0 radical (unpaired) electrons. The maximum absolute atomic E-state index is 13.2. The summed E-state index contributed by atoms with van der Waals surface area (Å²) in [5.41, 5.74) is -0.407. The lowest BCUT2D eigenvalue weighted by atomic mass is 10.1. The largest absolute Gasteiger partial charge is 0.481 e. The smallest absolute Gasteiger partial charge is 0.310 e. The maximum atomic E-state index is 13.2. The van der Waals surface area contributed by atoms with Crippen molar-refractivity contribution in [1.82, 2.24) is 4.72 Å². The third-order valence-corrected chi connectivity index (χ3v) is 4.56. The molecule has 0 aliphatic carbocycles. The second kappa shape index (κ2) is 5.77. The molecule has 1 aliphatic rings. The van der Waals surface area contributed by atoms with Crippen LogP contribution in [0.1, 0.15) is 5.56 Å². The SMILES string of the molecule is N#Cc1cc(S(=O)(=O)NC2COCC2C(=O)O)ccc1F. The molecule has 112 valence electrons. The molecule has 2 unspecified atom stereocenters. The highest BCUT2D eigenvalue weighted by Crippen LogP contribution is 2.19. The molecule has 1 saturated heterocycles. The molecule has 0 bridgehead atoms. The Labute approximate surface area is 120 Å². The van der Waals surface area contributed by atoms with Gasteiger partial charge in [-0.05, 0) is 18.2 Å². The van der Waals surface area contributed by atoms with E-state index in [1.165, 1.54) is 0 Å². The highest BCUT2D eigenvalue weighted by atomic mass is 32.2. The monoisotopic (exact) mass is 314 g/mol. The molecule has 7 nitrogen and oxygen atoms in total. The first-order chi connectivity index (χ1) is 9.85. The first-order valence-corrected chi connectivity index (χ1v) is 7.36. The van der Waals surface area contributed by atoms with Crippen LogP contribution in [0, 0.1) is 23.1 Å². The van der Waals surface area contributed by atoms with E-state index in [4.69, 9.17) is 15.1 Å². The normalized spacial score (nSPS) is 21.9. The standard InChI is InChI=1S/C12H11FN2O5S/c13-10-2-1-8(3-7(10)4-14)21(18,19)15-11-6-20-5-9(11)12(16)17/h1-3,9,11,15H,5-6H2,(H,16,17). The van der Waals surface area contributed by atoms with E-state index >= 15 is 0 Å². The first kappa shape index (κ1) is 15.4. The van der Waals surface area contributed by atoms with Gasteiger partial charge in [-0.15, -0.1) is 0 Å². The summed E-state index contributed by atoms with van der Waals surface area (Å²) in [4.78, 5) is 10.7. The average Bonchev–Trinajstić information content (AvgIpc) is 2.86. The molecule has 0 aromatic heterocycles. The molecule has 1 aliphatic heterocycles. The van der Waals surface area contributed by atoms with Crippen molar-refractivity contribution in [2.24, 2.45) is 5.92 Å². The van der Waals surface area contributed by atoms with Gasteiger partial charge in [-0.25, -0.2) is 17.5 Å². The number of nitrogens with zero attached hydrogens (tertiary/aromatic N) is 1. The number of ether oxygens (including phenoxy) is 1. The summed E-state index contributed by atoms with van der Waals surface area (Å²) in [6.07, 6.45) is 0. The van der Waals surface area contributed by atoms with Crippen LogP contribution in [0.3, 0.4) is 0 Å². The van der Waals surface area contributed by atoms with Gasteiger partial charge in [-0.1, -0.05) is 0 Å². The molecular formula is C12H11FN2O5S. The number of carboxylic acid groups (broad SMARTS) is 1. The van der Waals surface area contributed by atoms with Crippen LogP contribution in [-0.4, -0.2) is 38.7 Å². The van der Waals surface area contributed by atoms with Gasteiger partial charge >= 0.3 is 5.97 Å². The number of carboxylic acids is 1. The fourth-order valence-electron chi connectivity index (χ4n) is 1.94. The topological polar surface area (TPSA) is 116 Å². The molecule has 2 rings (SSSR count). The van der Waals surface area contributed by atoms with E-state index in [1.807, 2.05) is 0 Å². The van der Waals surface area contributed by atoms with Gasteiger partial charge in [0.05, 0.1) is 35.6 Å². The van der Waals surface area contributed by atoms with Crippen molar-refractivity contribution in [2.75, 3.05) is 13.2 Å². The lowest BCUT2D eigenvalue weighted by Crippen LogP contribution is -2.42. The molecule has 1 aromatic rings. The second-order valence-electron chi connectivity index (χ2n) is 4.46. The minimum Gasteiger partial charge on any atom is -0.481 e. The van der Waals surface area contributed by atoms with Crippen molar-refractivity contribution in [3.63, 3.8) is 0 Å². The average molecular weight is 314 g/mol. The van der Waals surface area contributed by atoms with Crippen LogP contribution in [0.25, 0.3) is 0 Å². The minimum absolute atomic E-state index is 0.0670. The van der Waals surface area contributed by atoms with E-state index in [1.54, 1.807) is 6.07 Å². The van der Waals surface area contributed by atoms with E-state index in [9.17, 15) is 17.6 Å². The van der Waals surface area contributed by atoms with Crippen molar-refractivity contribution in [2.45, 2.75) is 10.9 Å². The molecule has 9 heteroatoms. The summed E-state index contributed by atoms with van der Waals surface area (Å²) >= 11 is 0. The Morgan fingerprint density at radius 1 is 1.48 bits per heavy atom. The number of hydrogen-bond acceptors (Lipinski definition) is 5. The first-order valence-electron chi connectivity index (χ1n) is 5.87. The van der Waals surface area contributed by atoms with Crippen LogP contribution in [0.15, 0.2) is 23.1 Å². The Balaban J connectivity index is 2.27. The van der Waals surface area contributed by atoms with Crippen LogP contribution in [0.2, 0.25) is 0 Å². The third-order valence-electron chi connectivity index (χ3n) is 3.07. The number of benzene rings is 1. The van der Waals surface area contributed by atoms with Crippen LogP contribution in [0.4, 0.5) is 4.39 Å². The number of aliphatic carboxylic acids is 1. The zero-order chi connectivity index (χ0) is 15.6. The van der Waals surface area contributed by atoms with Gasteiger partial charge in [0.2, 0.25) is 10.0 Å². The van der Waals surface area contributed by atoms with Gasteiger partial charge in [0, 0.05) is 0 Å². The number of sulfonamides is 1. The minimum atomic E-state index is -4.07. The molecule has 0 spiro atoms. The number of hydrogen-bond donors (Lipinski definition) is 2. The summed E-state index contributed by atoms with van der Waals surface area (Å²) in [6, 6.07) is 3.39. The van der Waals surface area contributed by atoms with Crippen molar-refractivity contribution < 1.29 is 27.4 Å². The lowest BCUT2D eigenvalue weighted by Gasteiger charge is -2.16. The molecule has 1 heterocycles. The Kier molecular flexibility index (Phi) is 4.22. The molecular weight excluding hydrogens is 303 g/mol. The van der Waals surface area contributed by atoms with Gasteiger partial charge in [-0.2, -0.15) is 5.26 Å². The molecule has 0 saturated carbocycles. The number of halogens is 1. The molecule has 21 heavy (non-hydrogen) atoms. The predicted molar refractivity (Wildman–Crippen MR) is 67.2 cm³/mol. The molecule has 1 aromatic carbocycles. The summed E-state index contributed by atoms with van der Waals surface area (Å²) in [5.74, 6) is -2.99. The van der Waals surface area contributed by atoms with E-state index in [0.717, 1.165) is 18.2 Å². The van der Waals surface area contributed by atoms with E-state index in [2.05, 4.69) is 4.72 Å². The maximum Gasteiger partial charge on any atom is 0.310 e. The fourth-order valence-corrected chi connectivity index (χ4v) is 3.23. The van der Waals surface area contributed by atoms with E-state index < -0.39 is 39.3 Å². The zero-order valence-corrected chi connectivity index (χ0v) is 11.4. The van der Waals surface area contributed by atoms with Crippen molar-refractivity contribution in [3.8, 4) is 6.07 Å². The van der Waals surface area contributed by atoms with Crippen LogP contribution < -0.4 is 4.72 Å². The Morgan fingerprint density at radius 2 is 2.19 bits per heavy atom. The van der Waals surface area contributed by atoms with Crippen molar-refractivity contribution >= 4 is 16.0 Å². The summed E-state index contributed by atoms with van der Waals surface area (Å²) in [7, 11) is -4.07. The third kappa shape index (κ3) is 3.18. The quantitative estimate of drug-likeness (QED) is 0.812. The van der Waals surface area contributed by atoms with Crippen LogP contribution in [0.5, 0.6) is 0 Å². The van der Waals surface area contributed by atoms with E-state index in [0.29, 0.717) is 0 Å². The summed E-state index contributed by atoms with van der Waals surface area (Å²) in [5, 5.41) is 17.7. The molecule has 0 amide bonds. The van der Waals surface area contributed by atoms with Gasteiger partial charge in [0.15, 0.2) is 0 Å². The number of rotatable bonds is 4. The second-order valence-corrected chi connectivity index (χ2v) is 6.18. The highest BCUT2D eigenvalue weighted by molar-refractivity contribution is 7.89. The van der Waals surface area contributed by atoms with Crippen molar-refractivity contribution in [1.29, 1.82) is 5.26 Å². The zero-order valence-electron chi connectivity index (χ0n) is 10.6. The number of carbonyl (C=O) groups is 1. The Morgan fingerprint density at radius 3 is 2.81 bits per heavy atom. The number of nitrogens with one attached hydrogen (secondary N) is 1. The molecule has 2 atom stereocenters. The fraction of sp³-hybridized carbons (Fsp3) is 0.333. The van der Waals surface area contributed by atoms with Gasteiger partial charge in [-0.3, -0.25) is 4.79 Å². The number of nitriles is 1. The molecule has 1 fully saturated rings. The summed E-state index contributed by atoms with van der Waals surface area (Å²) < 4.78 is 44.6. The van der Waals surface area contributed by atoms with Gasteiger partial charge < -0.3 is 9.84 Å². The summed E-state index contributed by atoms with van der Waals surface area (Å²) in [6.45, 7) is -0.155. The predicted octanol–water partition coefficient (Wildman–Crippen LogP) is 0.0753. The van der Waals surface area contributed by atoms with Gasteiger partial charge in [0.25, 0.3) is 0 Å². The van der Waals surface area contributed by atoms with Crippen molar-refractivity contribution in [3.05, 3.63) is 29.6 Å². The highest BCUT2D eigenvalue weighted by Gasteiger charge is 2.37. The van der Waals surface area contributed by atoms with E-state index in [-0.39, 0.29) is 18.1 Å². The van der Waals surface area contributed by atoms with Gasteiger partial charge in [0.1, 0.15) is 11.9 Å². The molecule has 2 N–H and O–H groups in total. The van der Waals surface area contributed by atoms with Crippen LogP contribution in [-0.2, 0) is 19.6 Å². The Hall–Kier alpha value is -2.02. The lowest BCUT2D eigenvalue weighted by molar-refractivity contribution is -0.142.